The number of aliphatic hydroxyl groups is 2. The first-order valence-electron chi connectivity index (χ1n) is 12.3. The van der Waals surface area contributed by atoms with Crippen molar-refractivity contribution in [1.82, 2.24) is 10.3 Å². The van der Waals surface area contributed by atoms with E-state index in [4.69, 9.17) is 9.47 Å². The average Bonchev–Trinajstić information content (AvgIpc) is 2.80. The number of benzene rings is 1. The van der Waals surface area contributed by atoms with Gasteiger partial charge in [-0.05, 0) is 63.3 Å². The summed E-state index contributed by atoms with van der Waals surface area (Å²) >= 11 is 0. The Morgan fingerprint density at radius 2 is 1.89 bits per heavy atom. The third-order valence-electron chi connectivity index (χ3n) is 7.36. The molecule has 3 aliphatic rings. The Bertz CT molecular complexity index is 1170. The van der Waals surface area contributed by atoms with Crippen LogP contribution in [0.2, 0.25) is 0 Å². The van der Waals surface area contributed by atoms with E-state index in [0.717, 1.165) is 12.1 Å². The van der Waals surface area contributed by atoms with Crippen LogP contribution in [0.3, 0.4) is 0 Å². The van der Waals surface area contributed by atoms with Crippen molar-refractivity contribution in [2.75, 3.05) is 11.5 Å². The van der Waals surface area contributed by atoms with Gasteiger partial charge in [0.15, 0.2) is 0 Å². The highest BCUT2D eigenvalue weighted by molar-refractivity contribution is 5.90. The Kier molecular flexibility index (Phi) is 6.36. The van der Waals surface area contributed by atoms with Gasteiger partial charge in [0, 0.05) is 23.7 Å². The lowest BCUT2D eigenvalue weighted by Gasteiger charge is -2.46. The van der Waals surface area contributed by atoms with Gasteiger partial charge in [0.1, 0.15) is 24.8 Å². The molecule has 37 heavy (non-hydrogen) atoms. The SMILES string of the molecule is C[C@H]1C[C@@](O)(c2ccc(C(F)(F)F)cc2)C[C@@H](COc2cnc3c(c2)COC(=O)N3C2CC(C)(O)C2)N1. The predicted octanol–water partition coefficient (Wildman–Crippen LogP) is 3.88. The molecular weight excluding hydrogens is 491 g/mol. The predicted molar refractivity (Wildman–Crippen MR) is 127 cm³/mol. The molecule has 1 amide bonds. The van der Waals surface area contributed by atoms with Crippen LogP contribution in [0.5, 0.6) is 5.75 Å². The van der Waals surface area contributed by atoms with Gasteiger partial charge >= 0.3 is 12.3 Å². The molecule has 2 aliphatic heterocycles. The smallest absolute Gasteiger partial charge is 0.416 e. The Balaban J connectivity index is 1.26. The number of fused-ring (bicyclic) bond motifs is 1. The van der Waals surface area contributed by atoms with E-state index < -0.39 is 29.0 Å². The Hall–Kier alpha value is -2.89. The minimum atomic E-state index is -4.44. The number of rotatable bonds is 5. The van der Waals surface area contributed by atoms with Crippen molar-refractivity contribution in [2.24, 2.45) is 0 Å². The molecule has 1 aliphatic carbocycles. The molecule has 0 bridgehead atoms. The number of nitrogens with one attached hydrogen (secondary N) is 1. The van der Waals surface area contributed by atoms with Crippen LogP contribution in [0.25, 0.3) is 0 Å². The zero-order chi connectivity index (χ0) is 26.6. The summed E-state index contributed by atoms with van der Waals surface area (Å²) in [6.45, 7) is 3.89. The van der Waals surface area contributed by atoms with Crippen molar-refractivity contribution in [3.05, 3.63) is 53.2 Å². The number of aromatic nitrogens is 1. The molecule has 2 aromatic rings. The highest BCUT2D eigenvalue weighted by atomic mass is 19.4. The summed E-state index contributed by atoms with van der Waals surface area (Å²) in [5.41, 5.74) is -1.73. The fourth-order valence-corrected chi connectivity index (χ4v) is 5.67. The lowest BCUT2D eigenvalue weighted by molar-refractivity contribution is -0.137. The van der Waals surface area contributed by atoms with E-state index >= 15 is 0 Å². The molecule has 3 atom stereocenters. The summed E-state index contributed by atoms with van der Waals surface area (Å²) in [7, 11) is 0. The second-order valence-electron chi connectivity index (χ2n) is 10.7. The zero-order valence-corrected chi connectivity index (χ0v) is 20.6. The first-order chi connectivity index (χ1) is 17.3. The largest absolute Gasteiger partial charge is 0.490 e. The fourth-order valence-electron chi connectivity index (χ4n) is 5.67. The van der Waals surface area contributed by atoms with Crippen LogP contribution < -0.4 is 15.0 Å². The van der Waals surface area contributed by atoms with E-state index in [1.54, 1.807) is 13.0 Å². The topological polar surface area (TPSA) is 104 Å². The van der Waals surface area contributed by atoms with Gasteiger partial charge in [0.05, 0.1) is 23.0 Å². The first kappa shape index (κ1) is 25.7. The number of hydrogen-bond donors (Lipinski definition) is 3. The number of halogens is 3. The lowest BCUT2D eigenvalue weighted by atomic mass is 9.76. The highest BCUT2D eigenvalue weighted by Crippen LogP contribution is 2.41. The number of alkyl halides is 3. The highest BCUT2D eigenvalue weighted by Gasteiger charge is 2.46. The van der Waals surface area contributed by atoms with E-state index in [-0.39, 0.29) is 37.8 Å². The van der Waals surface area contributed by atoms with E-state index in [0.29, 0.717) is 42.0 Å². The second-order valence-corrected chi connectivity index (χ2v) is 10.7. The molecule has 11 heteroatoms. The molecule has 0 unspecified atom stereocenters. The number of anilines is 1. The molecule has 8 nitrogen and oxygen atoms in total. The maximum Gasteiger partial charge on any atom is 0.416 e. The third-order valence-corrected chi connectivity index (χ3v) is 7.36. The molecule has 1 aromatic carbocycles. The van der Waals surface area contributed by atoms with Gasteiger partial charge in [-0.15, -0.1) is 0 Å². The second kappa shape index (κ2) is 9.14. The minimum Gasteiger partial charge on any atom is -0.490 e. The lowest BCUT2D eigenvalue weighted by Crippen LogP contribution is -2.57. The average molecular weight is 522 g/mol. The zero-order valence-electron chi connectivity index (χ0n) is 20.6. The fraction of sp³-hybridized carbons (Fsp3) is 0.538. The maximum atomic E-state index is 12.9. The molecule has 2 fully saturated rings. The van der Waals surface area contributed by atoms with Gasteiger partial charge < -0.3 is 25.0 Å². The van der Waals surface area contributed by atoms with E-state index in [2.05, 4.69) is 10.3 Å². The van der Waals surface area contributed by atoms with Crippen molar-refractivity contribution in [3.63, 3.8) is 0 Å². The van der Waals surface area contributed by atoms with Gasteiger partial charge in [0.25, 0.3) is 0 Å². The minimum absolute atomic E-state index is 0.0599. The molecular formula is C26H30F3N3O5. The number of carbonyl (C=O) groups excluding carboxylic acids is 1. The standard InChI is InChI=1S/C26H30F3N3O5/c1-15-8-25(35,17-3-5-18(6-4-17)26(27,28)29)9-19(31-15)14-36-21-7-16-13-37-23(33)32(22(16)30-12-21)20-10-24(2,34)11-20/h3-7,12,15,19-20,31,34-35H,8-11,13-14H2,1-2H3/t15-,19-,20?,24?,25-/m0/s1. The Morgan fingerprint density at radius 3 is 2.54 bits per heavy atom. The van der Waals surface area contributed by atoms with Crippen LogP contribution in [-0.4, -0.2) is 51.6 Å². The van der Waals surface area contributed by atoms with E-state index in [1.807, 2.05) is 6.92 Å². The number of ether oxygens (including phenoxy) is 2. The molecule has 3 heterocycles. The number of hydrogen-bond acceptors (Lipinski definition) is 7. The van der Waals surface area contributed by atoms with Crippen LogP contribution in [-0.2, 0) is 23.1 Å². The van der Waals surface area contributed by atoms with Gasteiger partial charge in [-0.25, -0.2) is 9.78 Å². The van der Waals surface area contributed by atoms with E-state index in [9.17, 15) is 28.2 Å². The summed E-state index contributed by atoms with van der Waals surface area (Å²) in [5.74, 6) is 0.959. The van der Waals surface area contributed by atoms with Crippen LogP contribution in [0.1, 0.15) is 56.2 Å². The molecule has 3 N–H and O–H groups in total. The number of cyclic esters (lactones) is 1. The number of carbonyl (C=O) groups is 1. The number of pyridine rings is 1. The number of amides is 1. The van der Waals surface area contributed by atoms with Crippen molar-refractivity contribution in [3.8, 4) is 5.75 Å². The summed E-state index contributed by atoms with van der Waals surface area (Å²) in [6.07, 6.45) is -1.91. The normalized spacial score (nSPS) is 31.8. The van der Waals surface area contributed by atoms with Gasteiger partial charge in [-0.1, -0.05) is 12.1 Å². The van der Waals surface area contributed by atoms with Gasteiger partial charge in [-0.2, -0.15) is 13.2 Å². The molecule has 1 saturated carbocycles. The van der Waals surface area contributed by atoms with Gasteiger partial charge in [0.2, 0.25) is 0 Å². The monoisotopic (exact) mass is 521 g/mol. The van der Waals surface area contributed by atoms with Crippen LogP contribution in [0.15, 0.2) is 36.5 Å². The van der Waals surface area contributed by atoms with Crippen molar-refractivity contribution >= 4 is 11.9 Å². The van der Waals surface area contributed by atoms with Crippen LogP contribution in [0.4, 0.5) is 23.8 Å². The van der Waals surface area contributed by atoms with Crippen molar-refractivity contribution in [1.29, 1.82) is 0 Å². The van der Waals surface area contributed by atoms with Crippen LogP contribution in [0, 0.1) is 0 Å². The molecule has 0 radical (unpaired) electrons. The molecule has 0 spiro atoms. The van der Waals surface area contributed by atoms with Crippen LogP contribution >= 0.6 is 0 Å². The quantitative estimate of drug-likeness (QED) is 0.549. The van der Waals surface area contributed by atoms with Crippen molar-refractivity contribution < 1.29 is 37.7 Å². The Morgan fingerprint density at radius 1 is 1.19 bits per heavy atom. The molecule has 5 rings (SSSR count). The summed E-state index contributed by atoms with van der Waals surface area (Å²) in [5, 5.41) is 24.8. The molecule has 1 saturated heterocycles. The molecule has 200 valence electrons. The van der Waals surface area contributed by atoms with E-state index in [1.165, 1.54) is 23.2 Å². The number of nitrogens with zero attached hydrogens (tertiary/aromatic N) is 2. The number of piperidine rings is 1. The van der Waals surface area contributed by atoms with Gasteiger partial charge in [-0.3, -0.25) is 4.90 Å². The third kappa shape index (κ3) is 5.25. The Labute approximate surface area is 212 Å². The molecule has 1 aromatic heterocycles. The first-order valence-corrected chi connectivity index (χ1v) is 12.3. The van der Waals surface area contributed by atoms with Crippen molar-refractivity contribution in [2.45, 2.75) is 81.6 Å². The maximum absolute atomic E-state index is 12.9. The summed E-state index contributed by atoms with van der Waals surface area (Å²) in [6, 6.07) is 5.86. The summed E-state index contributed by atoms with van der Waals surface area (Å²) in [4.78, 5) is 18.3. The summed E-state index contributed by atoms with van der Waals surface area (Å²) < 4.78 is 50.1.